The maximum Gasteiger partial charge on any atom is 0.124 e. The van der Waals surface area contributed by atoms with Crippen molar-refractivity contribution in [2.24, 2.45) is 5.92 Å². The van der Waals surface area contributed by atoms with Crippen LogP contribution in [0.25, 0.3) is 0 Å². The molecule has 4 atom stereocenters. The Balaban J connectivity index is 2.74. The molecule has 1 rings (SSSR count). The molecule has 5 heteroatoms. The van der Waals surface area contributed by atoms with E-state index < -0.39 is 0 Å². The SMILES string of the molecule is O=C[C@@H]1C[C@@](Br)(CCl)[C@H](Cl)C[C@@H]1Cl. The summed E-state index contributed by atoms with van der Waals surface area (Å²) in [5, 5.41) is -0.266. The van der Waals surface area contributed by atoms with Crippen molar-refractivity contribution in [2.75, 3.05) is 5.88 Å². The van der Waals surface area contributed by atoms with Crippen LogP contribution < -0.4 is 0 Å². The molecule has 1 saturated carbocycles. The van der Waals surface area contributed by atoms with E-state index in [1.54, 1.807) is 0 Å². The van der Waals surface area contributed by atoms with Gasteiger partial charge in [0.1, 0.15) is 6.29 Å². The smallest absolute Gasteiger partial charge is 0.124 e. The molecule has 1 aliphatic rings. The van der Waals surface area contributed by atoms with Crippen LogP contribution in [-0.2, 0) is 4.79 Å². The lowest BCUT2D eigenvalue weighted by atomic mass is 9.82. The second kappa shape index (κ2) is 4.69. The van der Waals surface area contributed by atoms with E-state index >= 15 is 0 Å². The minimum Gasteiger partial charge on any atom is -0.303 e. The monoisotopic (exact) mass is 306 g/mol. The molecule has 0 aromatic carbocycles. The first kappa shape index (κ1) is 12.1. The fraction of sp³-hybridized carbons (Fsp3) is 0.875. The Morgan fingerprint density at radius 2 is 2.15 bits per heavy atom. The second-order valence-corrected chi connectivity index (χ2v) is 6.33. The van der Waals surface area contributed by atoms with Gasteiger partial charge in [-0.1, -0.05) is 15.9 Å². The highest BCUT2D eigenvalue weighted by atomic mass is 79.9. The number of carbonyl (C=O) groups is 1. The van der Waals surface area contributed by atoms with Crippen molar-refractivity contribution in [3.8, 4) is 0 Å². The summed E-state index contributed by atoms with van der Waals surface area (Å²) in [6, 6.07) is 0. The quantitative estimate of drug-likeness (QED) is 0.565. The van der Waals surface area contributed by atoms with Gasteiger partial charge >= 0.3 is 0 Å². The zero-order valence-electron chi connectivity index (χ0n) is 6.85. The molecular weight excluding hydrogens is 298 g/mol. The van der Waals surface area contributed by atoms with Gasteiger partial charge in [0.15, 0.2) is 0 Å². The van der Waals surface area contributed by atoms with Gasteiger partial charge in [-0.25, -0.2) is 0 Å². The van der Waals surface area contributed by atoms with Crippen LogP contribution in [0.4, 0.5) is 0 Å². The van der Waals surface area contributed by atoms with E-state index in [1.807, 2.05) is 0 Å². The average Bonchev–Trinajstić information content (AvgIpc) is 2.11. The summed E-state index contributed by atoms with van der Waals surface area (Å²) < 4.78 is -0.340. The van der Waals surface area contributed by atoms with Gasteiger partial charge in [-0.3, -0.25) is 0 Å². The van der Waals surface area contributed by atoms with Gasteiger partial charge in [0.05, 0.1) is 9.70 Å². The molecule has 0 bridgehead atoms. The Hall–Kier alpha value is 1.02. The van der Waals surface area contributed by atoms with Crippen LogP contribution in [0, 0.1) is 5.92 Å². The lowest BCUT2D eigenvalue weighted by molar-refractivity contribution is -0.111. The number of halogens is 4. The molecule has 0 radical (unpaired) electrons. The van der Waals surface area contributed by atoms with Crippen molar-refractivity contribution in [2.45, 2.75) is 27.9 Å². The number of alkyl halides is 4. The van der Waals surface area contributed by atoms with Crippen molar-refractivity contribution in [3.05, 3.63) is 0 Å². The first-order valence-electron chi connectivity index (χ1n) is 4.02. The van der Waals surface area contributed by atoms with Crippen LogP contribution in [0.3, 0.4) is 0 Å². The third kappa shape index (κ3) is 2.53. The molecule has 1 aliphatic carbocycles. The number of hydrogen-bond acceptors (Lipinski definition) is 1. The summed E-state index contributed by atoms with van der Waals surface area (Å²) in [5.74, 6) is 0.254. The Morgan fingerprint density at radius 1 is 1.54 bits per heavy atom. The molecule has 0 saturated heterocycles. The van der Waals surface area contributed by atoms with Gasteiger partial charge < -0.3 is 4.79 Å². The van der Waals surface area contributed by atoms with Gasteiger partial charge in [0, 0.05) is 17.2 Å². The number of rotatable bonds is 2. The fourth-order valence-electron chi connectivity index (χ4n) is 1.50. The molecule has 0 amide bonds. The number of hydrogen-bond donors (Lipinski definition) is 0. The van der Waals surface area contributed by atoms with E-state index in [0.717, 1.165) is 6.29 Å². The predicted octanol–water partition coefficient (Wildman–Crippen LogP) is 3.18. The van der Waals surface area contributed by atoms with E-state index in [9.17, 15) is 4.79 Å². The zero-order chi connectivity index (χ0) is 10.1. The van der Waals surface area contributed by atoms with Crippen molar-refractivity contribution in [1.29, 1.82) is 0 Å². The van der Waals surface area contributed by atoms with Gasteiger partial charge in [-0.05, 0) is 12.8 Å². The van der Waals surface area contributed by atoms with Crippen LogP contribution in [0.5, 0.6) is 0 Å². The molecule has 0 spiro atoms. The summed E-state index contributed by atoms with van der Waals surface area (Å²) in [7, 11) is 0. The van der Waals surface area contributed by atoms with Crippen molar-refractivity contribution in [3.63, 3.8) is 0 Å². The van der Waals surface area contributed by atoms with Crippen LogP contribution in [0.1, 0.15) is 12.8 Å². The fourth-order valence-corrected chi connectivity index (χ4v) is 3.21. The molecule has 76 valence electrons. The second-order valence-electron chi connectivity index (χ2n) is 3.39. The van der Waals surface area contributed by atoms with Crippen LogP contribution in [0.2, 0.25) is 0 Å². The summed E-state index contributed by atoms with van der Waals surface area (Å²) in [6.45, 7) is 0. The highest BCUT2D eigenvalue weighted by Gasteiger charge is 2.44. The lowest BCUT2D eigenvalue weighted by Gasteiger charge is -2.39. The molecule has 0 heterocycles. The van der Waals surface area contributed by atoms with E-state index in [4.69, 9.17) is 34.8 Å². The van der Waals surface area contributed by atoms with Crippen LogP contribution in [0.15, 0.2) is 0 Å². The van der Waals surface area contributed by atoms with Crippen molar-refractivity contribution in [1.82, 2.24) is 0 Å². The Morgan fingerprint density at radius 3 is 2.62 bits per heavy atom. The third-order valence-electron chi connectivity index (χ3n) is 2.43. The summed E-state index contributed by atoms with van der Waals surface area (Å²) in [5.41, 5.74) is 0. The van der Waals surface area contributed by atoms with Crippen molar-refractivity contribution >= 4 is 57.0 Å². The van der Waals surface area contributed by atoms with Crippen molar-refractivity contribution < 1.29 is 4.79 Å². The average molecular weight is 308 g/mol. The number of carbonyl (C=O) groups excluding carboxylic acids is 1. The summed E-state index contributed by atoms with van der Waals surface area (Å²) >= 11 is 21.4. The van der Waals surface area contributed by atoms with E-state index in [-0.39, 0.29) is 21.0 Å². The van der Waals surface area contributed by atoms with Gasteiger partial charge in [0.2, 0.25) is 0 Å². The molecule has 0 aromatic heterocycles. The minimum atomic E-state index is -0.340. The topological polar surface area (TPSA) is 17.1 Å². The van der Waals surface area contributed by atoms with E-state index in [0.29, 0.717) is 18.7 Å². The molecule has 0 N–H and O–H groups in total. The van der Waals surface area contributed by atoms with Gasteiger partial charge in [-0.2, -0.15) is 0 Å². The zero-order valence-corrected chi connectivity index (χ0v) is 10.7. The number of aldehydes is 1. The summed E-state index contributed by atoms with van der Waals surface area (Å²) in [6.07, 6.45) is 2.12. The molecule has 1 fully saturated rings. The highest BCUT2D eigenvalue weighted by molar-refractivity contribution is 9.10. The largest absolute Gasteiger partial charge is 0.303 e. The predicted molar refractivity (Wildman–Crippen MR) is 60.4 cm³/mol. The third-order valence-corrected chi connectivity index (χ3v) is 5.75. The normalized spacial score (nSPS) is 46.0. The van der Waals surface area contributed by atoms with Crippen LogP contribution >= 0.6 is 50.7 Å². The maximum atomic E-state index is 10.7. The molecule has 0 aromatic rings. The Bertz CT molecular complexity index is 202. The Labute approximate surface area is 101 Å². The lowest BCUT2D eigenvalue weighted by Crippen LogP contribution is -2.45. The van der Waals surface area contributed by atoms with E-state index in [1.165, 1.54) is 0 Å². The van der Waals surface area contributed by atoms with Crippen LogP contribution in [-0.4, -0.2) is 27.2 Å². The van der Waals surface area contributed by atoms with Gasteiger partial charge in [-0.15, -0.1) is 34.8 Å². The molecule has 0 unspecified atom stereocenters. The minimum absolute atomic E-state index is 0.108. The first-order chi connectivity index (χ1) is 6.03. The highest BCUT2D eigenvalue weighted by Crippen LogP contribution is 2.44. The van der Waals surface area contributed by atoms with E-state index in [2.05, 4.69) is 15.9 Å². The molecule has 13 heavy (non-hydrogen) atoms. The van der Waals surface area contributed by atoms with Gasteiger partial charge in [0.25, 0.3) is 0 Å². The molecular formula is C8H10BrCl3O. The summed E-state index contributed by atoms with van der Waals surface area (Å²) in [4.78, 5) is 10.7. The molecule has 1 nitrogen and oxygen atoms in total. The Kier molecular flexibility index (Phi) is 4.37. The molecule has 0 aliphatic heterocycles. The standard InChI is InChI=1S/C8H10BrCl3O/c9-8(4-10)2-5(3-13)6(11)1-7(8)12/h3,5-7H,1-2,4H2/t5-,6-,7+,8+/m0/s1. The first-order valence-corrected chi connectivity index (χ1v) is 6.22. The maximum absolute atomic E-state index is 10.7.